The summed E-state index contributed by atoms with van der Waals surface area (Å²) in [6.45, 7) is -0.192. The highest BCUT2D eigenvalue weighted by molar-refractivity contribution is 7.10. The van der Waals surface area contributed by atoms with Crippen molar-refractivity contribution in [1.82, 2.24) is 25.5 Å². The second kappa shape index (κ2) is 11.7. The van der Waals surface area contributed by atoms with Gasteiger partial charge in [-0.25, -0.2) is 8.78 Å². The summed E-state index contributed by atoms with van der Waals surface area (Å²) >= 11 is 1.28. The van der Waals surface area contributed by atoms with Crippen LogP contribution in [0.5, 0.6) is 0 Å². The molecule has 8 nitrogen and oxygen atoms in total. The average molecular weight is 545 g/mol. The Hall–Kier alpha value is -4.77. The van der Waals surface area contributed by atoms with E-state index in [0.29, 0.717) is 10.4 Å². The number of tetrazole rings is 1. The molecule has 0 aliphatic carbocycles. The van der Waals surface area contributed by atoms with Crippen LogP contribution in [-0.2, 0) is 22.7 Å². The van der Waals surface area contributed by atoms with Gasteiger partial charge in [0.25, 0.3) is 5.91 Å². The molecule has 1 atom stereocenters. The number of hydrogen-bond donors (Lipinski definition) is 1. The van der Waals surface area contributed by atoms with Crippen LogP contribution in [0.2, 0.25) is 0 Å². The van der Waals surface area contributed by atoms with Gasteiger partial charge in [0.1, 0.15) is 24.2 Å². The smallest absolute Gasteiger partial charge is 0.251 e. The topological polar surface area (TPSA) is 93.0 Å². The van der Waals surface area contributed by atoms with Gasteiger partial charge in [-0.05, 0) is 58.6 Å². The summed E-state index contributed by atoms with van der Waals surface area (Å²) in [6, 6.07) is 22.9. The summed E-state index contributed by atoms with van der Waals surface area (Å²) in [5.41, 5.74) is 1.33. The first-order chi connectivity index (χ1) is 19.0. The summed E-state index contributed by atoms with van der Waals surface area (Å²) in [6.07, 6.45) is 0. The lowest BCUT2D eigenvalue weighted by molar-refractivity contribution is -0.127. The minimum atomic E-state index is -1.15. The number of carbonyl (C=O) groups is 2. The Bertz CT molecular complexity index is 1560. The van der Waals surface area contributed by atoms with Crippen LogP contribution in [0.4, 0.5) is 14.5 Å². The van der Waals surface area contributed by atoms with Gasteiger partial charge in [-0.3, -0.25) is 14.5 Å². The van der Waals surface area contributed by atoms with E-state index in [0.717, 1.165) is 15.3 Å². The van der Waals surface area contributed by atoms with Crippen molar-refractivity contribution in [2.45, 2.75) is 19.1 Å². The van der Waals surface area contributed by atoms with Gasteiger partial charge < -0.3 is 5.32 Å². The monoisotopic (exact) mass is 544 g/mol. The Morgan fingerprint density at radius 3 is 2.38 bits per heavy atom. The molecule has 2 heterocycles. The molecule has 196 valence electrons. The summed E-state index contributed by atoms with van der Waals surface area (Å²) < 4.78 is 28.4. The predicted molar refractivity (Wildman–Crippen MR) is 142 cm³/mol. The minimum absolute atomic E-state index is 0.0605. The lowest BCUT2D eigenvalue weighted by Gasteiger charge is -2.30. The Kier molecular flexibility index (Phi) is 7.78. The molecule has 0 bridgehead atoms. The molecule has 0 fully saturated rings. The molecule has 0 aliphatic rings. The maximum Gasteiger partial charge on any atom is 0.251 e. The third-order valence-corrected chi connectivity index (χ3v) is 6.77. The number of amides is 2. The van der Waals surface area contributed by atoms with Crippen LogP contribution >= 0.6 is 11.3 Å². The number of rotatable bonds is 9. The fourth-order valence-corrected chi connectivity index (χ4v) is 4.80. The molecule has 5 rings (SSSR count). The maximum absolute atomic E-state index is 15.1. The van der Waals surface area contributed by atoms with Crippen LogP contribution < -0.4 is 10.2 Å². The van der Waals surface area contributed by atoms with Gasteiger partial charge in [-0.1, -0.05) is 48.5 Å². The molecular weight excluding hydrogens is 522 g/mol. The first-order valence-corrected chi connectivity index (χ1v) is 12.8. The van der Waals surface area contributed by atoms with E-state index in [1.165, 1.54) is 53.8 Å². The summed E-state index contributed by atoms with van der Waals surface area (Å²) in [5.74, 6) is -1.99. The normalized spacial score (nSPS) is 11.6. The number of thiophene rings is 1. The van der Waals surface area contributed by atoms with Crippen molar-refractivity contribution in [2.75, 3.05) is 4.90 Å². The lowest BCUT2D eigenvalue weighted by atomic mass is 10.1. The van der Waals surface area contributed by atoms with Gasteiger partial charge in [-0.2, -0.15) is 4.80 Å². The second-order valence-corrected chi connectivity index (χ2v) is 9.47. The number of halogens is 2. The maximum atomic E-state index is 15.1. The number of nitrogens with one attached hydrogen (secondary N) is 1. The Balaban J connectivity index is 1.46. The number of hydrogen-bond acceptors (Lipinski definition) is 6. The summed E-state index contributed by atoms with van der Waals surface area (Å²) in [5, 5.41) is 16.8. The first kappa shape index (κ1) is 25.9. The fourth-order valence-electron chi connectivity index (χ4n) is 3.99. The predicted octanol–water partition coefficient (Wildman–Crippen LogP) is 4.77. The van der Waals surface area contributed by atoms with Crippen LogP contribution in [0, 0.1) is 11.6 Å². The van der Waals surface area contributed by atoms with Crippen molar-refractivity contribution in [3.63, 3.8) is 0 Å². The number of carbonyl (C=O) groups excluding carboxylic acids is 2. The lowest BCUT2D eigenvalue weighted by Crippen LogP contribution is -2.45. The van der Waals surface area contributed by atoms with Gasteiger partial charge in [0, 0.05) is 17.0 Å². The molecule has 5 aromatic rings. The van der Waals surface area contributed by atoms with Crippen LogP contribution in [0.1, 0.15) is 16.5 Å². The molecule has 39 heavy (non-hydrogen) atoms. The molecule has 0 radical (unpaired) electrons. The fraction of sp³-hybridized carbons (Fsp3) is 0.107. The molecule has 0 saturated heterocycles. The number of nitrogens with zero attached hydrogens (tertiary/aromatic N) is 5. The van der Waals surface area contributed by atoms with Crippen molar-refractivity contribution in [3.8, 4) is 11.4 Å². The van der Waals surface area contributed by atoms with E-state index in [1.807, 2.05) is 30.3 Å². The zero-order chi connectivity index (χ0) is 27.2. The SMILES string of the molecule is O=C(NCc1ccccc1)C(c1cccs1)N(C(=O)Cn1nnc(-c2ccc(F)cc2)n1)c1ccccc1F. The highest BCUT2D eigenvalue weighted by Crippen LogP contribution is 2.32. The molecular formula is C28H22F2N6O2S. The highest BCUT2D eigenvalue weighted by atomic mass is 32.1. The summed E-state index contributed by atoms with van der Waals surface area (Å²) in [4.78, 5) is 30.1. The van der Waals surface area contributed by atoms with E-state index in [2.05, 4.69) is 20.7 Å². The third-order valence-electron chi connectivity index (χ3n) is 5.84. The zero-order valence-electron chi connectivity index (χ0n) is 20.4. The van der Waals surface area contributed by atoms with Gasteiger partial charge in [-0.15, -0.1) is 21.5 Å². The van der Waals surface area contributed by atoms with Crippen molar-refractivity contribution in [2.24, 2.45) is 0 Å². The van der Waals surface area contributed by atoms with Crippen molar-refractivity contribution < 1.29 is 18.4 Å². The van der Waals surface area contributed by atoms with Gasteiger partial charge >= 0.3 is 0 Å². The first-order valence-electron chi connectivity index (χ1n) is 11.9. The molecule has 2 amide bonds. The number of aromatic nitrogens is 4. The van der Waals surface area contributed by atoms with Crippen molar-refractivity contribution in [1.29, 1.82) is 0 Å². The largest absolute Gasteiger partial charge is 0.350 e. The Labute approximate surface area is 226 Å². The molecule has 0 aliphatic heterocycles. The van der Waals surface area contributed by atoms with Crippen molar-refractivity contribution in [3.05, 3.63) is 118 Å². The van der Waals surface area contributed by atoms with Gasteiger partial charge in [0.05, 0.1) is 5.69 Å². The van der Waals surface area contributed by atoms with Crippen LogP contribution in [0.3, 0.4) is 0 Å². The number of para-hydroxylation sites is 1. The number of benzene rings is 3. The van der Waals surface area contributed by atoms with Gasteiger partial charge in [0.15, 0.2) is 0 Å². The molecule has 1 N–H and O–H groups in total. The molecule has 3 aromatic carbocycles. The minimum Gasteiger partial charge on any atom is -0.350 e. The van der Waals surface area contributed by atoms with E-state index in [4.69, 9.17) is 0 Å². The van der Waals surface area contributed by atoms with Crippen LogP contribution in [0.15, 0.2) is 96.4 Å². The van der Waals surface area contributed by atoms with Gasteiger partial charge in [0.2, 0.25) is 11.7 Å². The highest BCUT2D eigenvalue weighted by Gasteiger charge is 2.35. The van der Waals surface area contributed by atoms with E-state index >= 15 is 4.39 Å². The second-order valence-electron chi connectivity index (χ2n) is 8.49. The Morgan fingerprint density at radius 2 is 1.67 bits per heavy atom. The van der Waals surface area contributed by atoms with E-state index in [-0.39, 0.29) is 18.1 Å². The quantitative estimate of drug-likeness (QED) is 0.289. The molecule has 0 saturated carbocycles. The number of anilines is 1. The Morgan fingerprint density at radius 1 is 0.923 bits per heavy atom. The molecule has 1 unspecified atom stereocenters. The molecule has 11 heteroatoms. The standard InChI is InChI=1S/C28H22F2N6O2S/c29-21-14-12-20(13-15-21)27-32-34-35(33-27)18-25(37)36(23-10-5-4-9-22(23)30)26(24-11-6-16-39-24)28(38)31-17-19-7-2-1-3-8-19/h1-16,26H,17-18H2,(H,31,38). The van der Waals surface area contributed by atoms with E-state index < -0.39 is 36.0 Å². The van der Waals surface area contributed by atoms with Crippen LogP contribution in [0.25, 0.3) is 11.4 Å². The third kappa shape index (κ3) is 6.04. The zero-order valence-corrected chi connectivity index (χ0v) is 21.3. The molecule has 2 aromatic heterocycles. The molecule has 0 spiro atoms. The average Bonchev–Trinajstić information content (AvgIpc) is 3.65. The summed E-state index contributed by atoms with van der Waals surface area (Å²) in [7, 11) is 0. The van der Waals surface area contributed by atoms with E-state index in [9.17, 15) is 14.0 Å². The van der Waals surface area contributed by atoms with Crippen LogP contribution in [-0.4, -0.2) is 32.0 Å². The van der Waals surface area contributed by atoms with E-state index in [1.54, 1.807) is 23.6 Å². The van der Waals surface area contributed by atoms with Crippen molar-refractivity contribution >= 4 is 28.8 Å².